The van der Waals surface area contributed by atoms with E-state index in [4.69, 9.17) is 0 Å². The van der Waals surface area contributed by atoms with E-state index < -0.39 is 6.36 Å². The van der Waals surface area contributed by atoms with Crippen molar-refractivity contribution in [1.29, 1.82) is 0 Å². The number of fused-ring (bicyclic) bond motifs is 1. The summed E-state index contributed by atoms with van der Waals surface area (Å²) in [4.78, 5) is 2.46. The van der Waals surface area contributed by atoms with Gasteiger partial charge in [0.15, 0.2) is 0 Å². The molecule has 1 aliphatic heterocycles. The number of rotatable bonds is 1. The number of ether oxygens (including phenoxy) is 1. The Hall–Kier alpha value is -1.23. The van der Waals surface area contributed by atoms with Crippen LogP contribution in [0.25, 0.3) is 0 Å². The number of nitrogens with zero attached hydrogens (tertiary/aromatic N) is 1. The van der Waals surface area contributed by atoms with Crippen LogP contribution in [0.5, 0.6) is 5.75 Å². The highest BCUT2D eigenvalue weighted by molar-refractivity contribution is 5.45. The van der Waals surface area contributed by atoms with E-state index in [-0.39, 0.29) is 11.2 Å². The van der Waals surface area contributed by atoms with E-state index in [0.29, 0.717) is 12.0 Å². The van der Waals surface area contributed by atoms with Crippen LogP contribution in [-0.2, 0) is 11.8 Å². The average molecular weight is 325 g/mol. The zero-order chi connectivity index (χ0) is 16.2. The number of hydrogen-bond acceptors (Lipinski definition) is 2. The highest BCUT2D eigenvalue weighted by Crippen LogP contribution is 2.56. The van der Waals surface area contributed by atoms with Gasteiger partial charge in [0.2, 0.25) is 0 Å². The van der Waals surface area contributed by atoms with Crippen molar-refractivity contribution in [2.24, 2.45) is 5.92 Å². The van der Waals surface area contributed by atoms with Crippen molar-refractivity contribution in [2.75, 3.05) is 13.6 Å². The van der Waals surface area contributed by atoms with Crippen LogP contribution in [-0.4, -0.2) is 30.9 Å². The van der Waals surface area contributed by atoms with Gasteiger partial charge in [0.1, 0.15) is 5.75 Å². The lowest BCUT2D eigenvalue weighted by atomic mass is 9.52. The zero-order valence-electron chi connectivity index (χ0n) is 13.3. The minimum atomic E-state index is -4.62. The van der Waals surface area contributed by atoms with Crippen molar-refractivity contribution < 1.29 is 17.9 Å². The van der Waals surface area contributed by atoms with E-state index in [1.54, 1.807) is 6.07 Å². The molecule has 0 amide bonds. The number of alkyl halides is 3. The second-order valence-electron chi connectivity index (χ2n) is 7.38. The summed E-state index contributed by atoms with van der Waals surface area (Å²) in [7, 11) is 2.19. The monoisotopic (exact) mass is 325 g/mol. The van der Waals surface area contributed by atoms with Crippen molar-refractivity contribution in [2.45, 2.75) is 56.3 Å². The van der Waals surface area contributed by atoms with Gasteiger partial charge in [-0.15, -0.1) is 13.2 Å². The summed E-state index contributed by atoms with van der Waals surface area (Å²) < 4.78 is 41.9. The lowest BCUT2D eigenvalue weighted by molar-refractivity contribution is -0.274. The predicted molar refractivity (Wildman–Crippen MR) is 81.5 cm³/mol. The smallest absolute Gasteiger partial charge is 0.406 e. The van der Waals surface area contributed by atoms with Crippen LogP contribution in [0.1, 0.15) is 43.2 Å². The molecule has 2 bridgehead atoms. The number of likely N-dealkylation sites (N-methyl/N-ethyl adjacent to an activating group) is 1. The molecule has 3 aliphatic rings. The van der Waals surface area contributed by atoms with Gasteiger partial charge in [-0.3, -0.25) is 0 Å². The van der Waals surface area contributed by atoms with Crippen LogP contribution in [0.4, 0.5) is 13.2 Å². The standard InChI is InChI=1S/C18H22F3NO/c1-22-9-8-17-7-3-2-4-14(17)16(22)10-12-5-6-13(11-15(12)17)23-18(19,20)21/h5-6,11,14,16H,2-4,7-10H2,1H3/t14-,16?,17+/m1/s1. The fourth-order valence-electron chi connectivity index (χ4n) is 5.37. The first-order chi connectivity index (χ1) is 10.9. The number of hydrogen-bond donors (Lipinski definition) is 0. The van der Waals surface area contributed by atoms with E-state index in [0.717, 1.165) is 31.4 Å². The Balaban J connectivity index is 1.79. The van der Waals surface area contributed by atoms with Gasteiger partial charge in [0, 0.05) is 11.5 Å². The van der Waals surface area contributed by atoms with Gasteiger partial charge in [-0.05, 0) is 68.5 Å². The third-order valence-electron chi connectivity index (χ3n) is 6.32. The van der Waals surface area contributed by atoms with E-state index in [1.165, 1.54) is 30.9 Å². The summed E-state index contributed by atoms with van der Waals surface area (Å²) in [5, 5.41) is 0. The molecule has 2 nitrogen and oxygen atoms in total. The van der Waals surface area contributed by atoms with E-state index in [1.807, 2.05) is 6.07 Å². The molecule has 2 aliphatic carbocycles. The summed E-state index contributed by atoms with van der Waals surface area (Å²) in [5.74, 6) is 0.510. The fraction of sp³-hybridized carbons (Fsp3) is 0.667. The molecule has 23 heavy (non-hydrogen) atoms. The molecule has 1 unspecified atom stereocenters. The van der Waals surface area contributed by atoms with Crippen LogP contribution < -0.4 is 4.74 Å². The number of piperidine rings is 1. The molecule has 5 heteroatoms. The van der Waals surface area contributed by atoms with Crippen molar-refractivity contribution in [3.63, 3.8) is 0 Å². The Morgan fingerprint density at radius 1 is 1.22 bits per heavy atom. The number of benzene rings is 1. The highest BCUT2D eigenvalue weighted by atomic mass is 19.4. The number of likely N-dealkylation sites (tertiary alicyclic amines) is 1. The van der Waals surface area contributed by atoms with Gasteiger partial charge in [0.05, 0.1) is 0 Å². The second-order valence-corrected chi connectivity index (χ2v) is 7.38. The maximum atomic E-state index is 12.6. The normalized spacial score (nSPS) is 33.7. The van der Waals surface area contributed by atoms with Crippen LogP contribution in [0.3, 0.4) is 0 Å². The highest BCUT2D eigenvalue weighted by Gasteiger charge is 2.53. The molecule has 0 spiro atoms. The van der Waals surface area contributed by atoms with Gasteiger partial charge in [-0.1, -0.05) is 18.9 Å². The quantitative estimate of drug-likeness (QED) is 0.764. The summed E-state index contributed by atoms with van der Waals surface area (Å²) in [5.41, 5.74) is 2.41. The Morgan fingerprint density at radius 3 is 2.83 bits per heavy atom. The first-order valence-corrected chi connectivity index (χ1v) is 8.48. The molecular weight excluding hydrogens is 303 g/mol. The van der Waals surface area contributed by atoms with Crippen molar-refractivity contribution in [1.82, 2.24) is 4.90 Å². The Labute approximate surface area is 134 Å². The maximum absolute atomic E-state index is 12.6. The summed E-state index contributed by atoms with van der Waals surface area (Å²) in [6.45, 7) is 1.03. The van der Waals surface area contributed by atoms with Gasteiger partial charge in [-0.2, -0.15) is 0 Å². The molecule has 0 N–H and O–H groups in total. The largest absolute Gasteiger partial charge is 0.573 e. The molecule has 1 aromatic rings. The summed E-state index contributed by atoms with van der Waals surface area (Å²) in [6.07, 6.45) is 2.09. The van der Waals surface area contributed by atoms with Crippen LogP contribution in [0, 0.1) is 5.92 Å². The molecule has 0 radical (unpaired) electrons. The SMILES string of the molecule is CN1CC[C@@]23CCCC[C@@H]2C1Cc1ccc(OC(F)(F)F)cc13. The minimum Gasteiger partial charge on any atom is -0.406 e. The lowest BCUT2D eigenvalue weighted by Gasteiger charge is -2.58. The average Bonchev–Trinajstić information content (AvgIpc) is 2.50. The van der Waals surface area contributed by atoms with Gasteiger partial charge in [-0.25, -0.2) is 0 Å². The van der Waals surface area contributed by atoms with Crippen LogP contribution in [0.2, 0.25) is 0 Å². The molecule has 1 saturated heterocycles. The topological polar surface area (TPSA) is 12.5 Å². The molecule has 3 atom stereocenters. The third-order valence-corrected chi connectivity index (χ3v) is 6.32. The van der Waals surface area contributed by atoms with E-state index in [9.17, 15) is 13.2 Å². The van der Waals surface area contributed by atoms with Gasteiger partial charge < -0.3 is 9.64 Å². The lowest BCUT2D eigenvalue weighted by Crippen LogP contribution is -2.59. The maximum Gasteiger partial charge on any atom is 0.573 e. The molecule has 0 aromatic heterocycles. The fourth-order valence-corrected chi connectivity index (χ4v) is 5.37. The van der Waals surface area contributed by atoms with Crippen LogP contribution in [0.15, 0.2) is 18.2 Å². The van der Waals surface area contributed by atoms with Crippen molar-refractivity contribution in [3.8, 4) is 5.75 Å². The molecule has 1 saturated carbocycles. The molecule has 4 rings (SSSR count). The van der Waals surface area contributed by atoms with Crippen molar-refractivity contribution in [3.05, 3.63) is 29.3 Å². The molecular formula is C18H22F3NO. The molecule has 1 aromatic carbocycles. The Kier molecular flexibility index (Phi) is 3.42. The van der Waals surface area contributed by atoms with Gasteiger partial charge in [0.25, 0.3) is 0 Å². The van der Waals surface area contributed by atoms with Gasteiger partial charge >= 0.3 is 6.36 Å². The Morgan fingerprint density at radius 2 is 2.04 bits per heavy atom. The first-order valence-electron chi connectivity index (χ1n) is 8.48. The number of halogens is 3. The second kappa shape index (κ2) is 5.13. The summed E-state index contributed by atoms with van der Waals surface area (Å²) in [6, 6.07) is 5.55. The molecule has 2 fully saturated rings. The first kappa shape index (κ1) is 15.3. The Bertz CT molecular complexity index is 615. The van der Waals surface area contributed by atoms with E-state index in [2.05, 4.69) is 16.7 Å². The molecule has 1 heterocycles. The van der Waals surface area contributed by atoms with Crippen molar-refractivity contribution >= 4 is 0 Å². The minimum absolute atomic E-state index is 0.0627. The van der Waals surface area contributed by atoms with E-state index >= 15 is 0 Å². The predicted octanol–water partition coefficient (Wildman–Crippen LogP) is 4.27. The third kappa shape index (κ3) is 2.44. The van der Waals surface area contributed by atoms with Crippen LogP contribution >= 0.6 is 0 Å². The zero-order valence-corrected chi connectivity index (χ0v) is 13.3. The molecule has 126 valence electrons. The summed E-state index contributed by atoms with van der Waals surface area (Å²) >= 11 is 0.